The van der Waals surface area contributed by atoms with Crippen LogP contribution in [-0.2, 0) is 11.2 Å². The van der Waals surface area contributed by atoms with Crippen molar-refractivity contribution in [3.8, 4) is 0 Å². The minimum atomic E-state index is -0.893. The SMILES string of the molecule is CC(C)c1nnc(N[C@@H](Cc2ccccc2)C(=O)O)s1. The quantitative estimate of drug-likeness (QED) is 0.856. The number of rotatable bonds is 6. The van der Waals surface area contributed by atoms with E-state index < -0.39 is 12.0 Å². The number of hydrogen-bond acceptors (Lipinski definition) is 5. The molecule has 0 amide bonds. The molecule has 0 spiro atoms. The molecule has 6 heteroatoms. The smallest absolute Gasteiger partial charge is 0.326 e. The maximum Gasteiger partial charge on any atom is 0.326 e. The van der Waals surface area contributed by atoms with E-state index >= 15 is 0 Å². The van der Waals surface area contributed by atoms with Crippen molar-refractivity contribution in [2.45, 2.75) is 32.2 Å². The average Bonchev–Trinajstić information content (AvgIpc) is 2.88. The van der Waals surface area contributed by atoms with Crippen molar-refractivity contribution in [3.63, 3.8) is 0 Å². The first-order chi connectivity index (χ1) is 9.56. The third-order valence-electron chi connectivity index (χ3n) is 2.81. The Morgan fingerprint density at radius 3 is 2.55 bits per heavy atom. The Kier molecular flexibility index (Phi) is 4.68. The van der Waals surface area contributed by atoms with Crippen LogP contribution in [0.1, 0.15) is 30.3 Å². The molecule has 0 radical (unpaired) electrons. The number of carboxylic acid groups (broad SMARTS) is 1. The lowest BCUT2D eigenvalue weighted by atomic mass is 10.1. The number of hydrogen-bond donors (Lipinski definition) is 2. The Bertz CT molecular complexity index is 569. The topological polar surface area (TPSA) is 75.1 Å². The second-order valence-electron chi connectivity index (χ2n) is 4.83. The van der Waals surface area contributed by atoms with E-state index in [2.05, 4.69) is 15.5 Å². The number of nitrogens with one attached hydrogen (secondary N) is 1. The Morgan fingerprint density at radius 2 is 2.00 bits per heavy atom. The second kappa shape index (κ2) is 6.47. The van der Waals surface area contributed by atoms with Gasteiger partial charge in [0.25, 0.3) is 0 Å². The van der Waals surface area contributed by atoms with Crippen molar-refractivity contribution in [2.24, 2.45) is 0 Å². The van der Waals surface area contributed by atoms with Crippen molar-refractivity contribution in [3.05, 3.63) is 40.9 Å². The molecule has 0 unspecified atom stereocenters. The first kappa shape index (κ1) is 14.5. The predicted molar refractivity (Wildman–Crippen MR) is 79.2 cm³/mol. The van der Waals surface area contributed by atoms with Crippen LogP contribution >= 0.6 is 11.3 Å². The van der Waals surface area contributed by atoms with Crippen LogP contribution in [0.15, 0.2) is 30.3 Å². The Labute approximate surface area is 121 Å². The van der Waals surface area contributed by atoms with Crippen molar-refractivity contribution in [1.29, 1.82) is 0 Å². The molecule has 1 heterocycles. The van der Waals surface area contributed by atoms with Crippen LogP contribution in [0.5, 0.6) is 0 Å². The molecule has 106 valence electrons. The molecule has 5 nitrogen and oxygen atoms in total. The summed E-state index contributed by atoms with van der Waals surface area (Å²) >= 11 is 1.40. The molecule has 0 saturated heterocycles. The minimum Gasteiger partial charge on any atom is -0.480 e. The van der Waals surface area contributed by atoms with Crippen LogP contribution in [0, 0.1) is 0 Å². The van der Waals surface area contributed by atoms with Crippen molar-refractivity contribution in [1.82, 2.24) is 10.2 Å². The molecule has 2 aromatic rings. The van der Waals surface area contributed by atoms with Gasteiger partial charge in [0.1, 0.15) is 11.0 Å². The fourth-order valence-electron chi connectivity index (χ4n) is 1.73. The maximum absolute atomic E-state index is 11.3. The lowest BCUT2D eigenvalue weighted by molar-refractivity contribution is -0.137. The van der Waals surface area contributed by atoms with Crippen LogP contribution in [0.2, 0.25) is 0 Å². The lowest BCUT2D eigenvalue weighted by Gasteiger charge is -2.13. The molecular weight excluding hydrogens is 274 g/mol. The number of carboxylic acids is 1. The van der Waals surface area contributed by atoms with Gasteiger partial charge in [0, 0.05) is 12.3 Å². The van der Waals surface area contributed by atoms with Gasteiger partial charge < -0.3 is 10.4 Å². The molecule has 20 heavy (non-hydrogen) atoms. The van der Waals surface area contributed by atoms with Crippen molar-refractivity contribution < 1.29 is 9.90 Å². The summed E-state index contributed by atoms with van der Waals surface area (Å²) in [5.41, 5.74) is 0.973. The summed E-state index contributed by atoms with van der Waals surface area (Å²) in [7, 11) is 0. The van der Waals surface area contributed by atoms with Gasteiger partial charge in [-0.15, -0.1) is 10.2 Å². The molecule has 0 fully saturated rings. The van der Waals surface area contributed by atoms with Crippen LogP contribution in [0.4, 0.5) is 5.13 Å². The zero-order valence-corrected chi connectivity index (χ0v) is 12.2. The fraction of sp³-hybridized carbons (Fsp3) is 0.357. The van der Waals surface area contributed by atoms with Crippen LogP contribution in [-0.4, -0.2) is 27.3 Å². The van der Waals surface area contributed by atoms with Crippen LogP contribution in [0.3, 0.4) is 0 Å². The van der Waals surface area contributed by atoms with Gasteiger partial charge in [0.05, 0.1) is 0 Å². The highest BCUT2D eigenvalue weighted by Gasteiger charge is 2.20. The van der Waals surface area contributed by atoms with Gasteiger partial charge >= 0.3 is 5.97 Å². The van der Waals surface area contributed by atoms with Crippen molar-refractivity contribution in [2.75, 3.05) is 5.32 Å². The minimum absolute atomic E-state index is 0.292. The first-order valence-corrected chi connectivity index (χ1v) is 7.24. The number of aliphatic carboxylic acids is 1. The lowest BCUT2D eigenvalue weighted by Crippen LogP contribution is -2.31. The molecule has 2 N–H and O–H groups in total. The zero-order valence-electron chi connectivity index (χ0n) is 11.4. The van der Waals surface area contributed by atoms with Gasteiger partial charge in [0.15, 0.2) is 0 Å². The summed E-state index contributed by atoms with van der Waals surface area (Å²) in [6.07, 6.45) is 0.409. The standard InChI is InChI=1S/C14H17N3O2S/c1-9(2)12-16-17-14(20-12)15-11(13(18)19)8-10-6-4-3-5-7-10/h3-7,9,11H,8H2,1-2H3,(H,15,17)(H,18,19)/t11-/m0/s1. The Hall–Kier alpha value is -1.95. The number of anilines is 1. The van der Waals surface area contributed by atoms with Crippen LogP contribution in [0.25, 0.3) is 0 Å². The normalized spacial score (nSPS) is 12.3. The molecule has 0 aliphatic heterocycles. The van der Waals surface area contributed by atoms with Gasteiger partial charge in [-0.25, -0.2) is 4.79 Å². The number of aromatic nitrogens is 2. The second-order valence-corrected chi connectivity index (χ2v) is 5.83. The van der Waals surface area contributed by atoms with E-state index in [9.17, 15) is 9.90 Å². The van der Waals surface area contributed by atoms with E-state index in [-0.39, 0.29) is 0 Å². The molecule has 0 saturated carbocycles. The third kappa shape index (κ3) is 3.77. The molecule has 2 rings (SSSR count). The predicted octanol–water partition coefficient (Wildman–Crippen LogP) is 2.77. The molecule has 1 aromatic carbocycles. The zero-order chi connectivity index (χ0) is 14.5. The molecule has 0 aliphatic rings. The van der Waals surface area contributed by atoms with E-state index in [1.54, 1.807) is 0 Å². The number of benzene rings is 1. The summed E-state index contributed by atoms with van der Waals surface area (Å²) in [4.78, 5) is 11.3. The van der Waals surface area contributed by atoms with Crippen LogP contribution < -0.4 is 5.32 Å². The van der Waals surface area contributed by atoms with E-state index in [1.807, 2.05) is 44.2 Å². The summed E-state index contributed by atoms with van der Waals surface area (Å²) in [6, 6.07) is 8.83. The molecule has 0 bridgehead atoms. The van der Waals surface area contributed by atoms with Gasteiger partial charge in [-0.2, -0.15) is 0 Å². The summed E-state index contributed by atoms with van der Waals surface area (Å²) in [5, 5.41) is 21.7. The average molecular weight is 291 g/mol. The highest BCUT2D eigenvalue weighted by molar-refractivity contribution is 7.15. The maximum atomic E-state index is 11.3. The van der Waals surface area contributed by atoms with Gasteiger partial charge in [-0.3, -0.25) is 0 Å². The van der Waals surface area contributed by atoms with E-state index in [0.29, 0.717) is 17.5 Å². The summed E-state index contributed by atoms with van der Waals surface area (Å²) in [5.74, 6) is -0.601. The molecule has 1 atom stereocenters. The number of nitrogens with zero attached hydrogens (tertiary/aromatic N) is 2. The van der Waals surface area contributed by atoms with E-state index in [4.69, 9.17) is 0 Å². The Morgan fingerprint density at radius 1 is 1.30 bits per heavy atom. The fourth-order valence-corrected chi connectivity index (χ4v) is 2.52. The largest absolute Gasteiger partial charge is 0.480 e. The third-order valence-corrected chi connectivity index (χ3v) is 3.97. The highest BCUT2D eigenvalue weighted by Crippen LogP contribution is 2.23. The monoisotopic (exact) mass is 291 g/mol. The van der Waals surface area contributed by atoms with Gasteiger partial charge in [0.2, 0.25) is 5.13 Å². The van der Waals surface area contributed by atoms with Gasteiger partial charge in [-0.1, -0.05) is 55.5 Å². The first-order valence-electron chi connectivity index (χ1n) is 6.43. The Balaban J connectivity index is 2.07. The van der Waals surface area contributed by atoms with Crippen molar-refractivity contribution >= 4 is 22.4 Å². The number of carbonyl (C=O) groups is 1. The summed E-state index contributed by atoms with van der Waals surface area (Å²) in [6.45, 7) is 4.06. The summed E-state index contributed by atoms with van der Waals surface area (Å²) < 4.78 is 0. The van der Waals surface area contributed by atoms with E-state index in [0.717, 1.165) is 10.6 Å². The van der Waals surface area contributed by atoms with E-state index in [1.165, 1.54) is 11.3 Å². The molecule has 1 aromatic heterocycles. The molecular formula is C14H17N3O2S. The van der Waals surface area contributed by atoms with Gasteiger partial charge in [-0.05, 0) is 5.56 Å². The highest BCUT2D eigenvalue weighted by atomic mass is 32.1. The molecule has 0 aliphatic carbocycles.